The van der Waals surface area contributed by atoms with E-state index in [1.54, 1.807) is 6.33 Å². The Bertz CT molecular complexity index is 586. The average molecular weight is 283 g/mol. The molecule has 0 amide bonds. The maximum Gasteiger partial charge on any atom is 0.129 e. The van der Waals surface area contributed by atoms with Crippen molar-refractivity contribution in [3.63, 3.8) is 0 Å². The van der Waals surface area contributed by atoms with Gasteiger partial charge >= 0.3 is 0 Å². The molecule has 1 fully saturated rings. The highest BCUT2D eigenvalue weighted by atomic mass is 15.2. The summed E-state index contributed by atoms with van der Waals surface area (Å²) in [5, 5.41) is 3.45. The third-order valence-electron chi connectivity index (χ3n) is 4.15. The molecule has 3 rings (SSSR count). The summed E-state index contributed by atoms with van der Waals surface area (Å²) < 4.78 is 0. The van der Waals surface area contributed by atoms with E-state index in [1.807, 2.05) is 31.5 Å². The Balaban J connectivity index is 1.69. The quantitative estimate of drug-likeness (QED) is 0.933. The Labute approximate surface area is 125 Å². The second-order valence-electron chi connectivity index (χ2n) is 5.69. The van der Waals surface area contributed by atoms with Crippen molar-refractivity contribution in [2.75, 3.05) is 25.5 Å². The zero-order chi connectivity index (χ0) is 14.7. The number of rotatable bonds is 4. The molecule has 0 bridgehead atoms. The van der Waals surface area contributed by atoms with Crippen LogP contribution in [0.1, 0.15) is 23.7 Å². The molecule has 2 aromatic rings. The van der Waals surface area contributed by atoms with Crippen LogP contribution in [0.15, 0.2) is 36.9 Å². The van der Waals surface area contributed by atoms with Crippen LogP contribution >= 0.6 is 0 Å². The number of likely N-dealkylation sites (tertiary alicyclic amines) is 1. The summed E-state index contributed by atoms with van der Waals surface area (Å²) in [6.07, 6.45) is 6.61. The first kappa shape index (κ1) is 13.9. The molecule has 2 aromatic heterocycles. The fourth-order valence-corrected chi connectivity index (χ4v) is 3.10. The van der Waals surface area contributed by atoms with E-state index in [4.69, 9.17) is 0 Å². The molecule has 1 saturated heterocycles. The minimum absolute atomic E-state index is 0.425. The summed E-state index contributed by atoms with van der Waals surface area (Å²) in [5.74, 6) is 1.47. The van der Waals surface area contributed by atoms with E-state index in [9.17, 15) is 0 Å². The Morgan fingerprint density at radius 3 is 3.05 bits per heavy atom. The lowest BCUT2D eigenvalue weighted by molar-refractivity contribution is 0.281. The number of aryl methyl sites for hydroxylation is 1. The predicted molar refractivity (Wildman–Crippen MR) is 83.0 cm³/mol. The van der Waals surface area contributed by atoms with E-state index in [1.165, 1.54) is 12.0 Å². The van der Waals surface area contributed by atoms with E-state index in [2.05, 4.69) is 38.3 Å². The van der Waals surface area contributed by atoms with Gasteiger partial charge in [0.15, 0.2) is 0 Å². The summed E-state index contributed by atoms with van der Waals surface area (Å²) in [6.45, 7) is 4.02. The van der Waals surface area contributed by atoms with Crippen molar-refractivity contribution >= 4 is 5.82 Å². The molecule has 5 heteroatoms. The van der Waals surface area contributed by atoms with Crippen molar-refractivity contribution in [2.45, 2.75) is 19.4 Å². The number of hydrogen-bond acceptors (Lipinski definition) is 5. The van der Waals surface area contributed by atoms with Gasteiger partial charge in [0.05, 0.1) is 0 Å². The molecule has 0 aliphatic carbocycles. The zero-order valence-corrected chi connectivity index (χ0v) is 12.5. The number of hydrogen-bond donors (Lipinski definition) is 1. The van der Waals surface area contributed by atoms with E-state index in [0.717, 1.165) is 24.6 Å². The normalized spacial score (nSPS) is 22.4. The van der Waals surface area contributed by atoms with Crippen molar-refractivity contribution < 1.29 is 0 Å². The minimum atomic E-state index is 0.425. The van der Waals surface area contributed by atoms with Crippen molar-refractivity contribution in [1.29, 1.82) is 0 Å². The van der Waals surface area contributed by atoms with Crippen molar-refractivity contribution in [1.82, 2.24) is 19.9 Å². The highest BCUT2D eigenvalue weighted by molar-refractivity contribution is 5.34. The monoisotopic (exact) mass is 283 g/mol. The van der Waals surface area contributed by atoms with E-state index in [-0.39, 0.29) is 0 Å². The highest BCUT2D eigenvalue weighted by Gasteiger charge is 2.32. The topological polar surface area (TPSA) is 53.9 Å². The molecule has 3 heterocycles. The number of nitrogens with zero attached hydrogens (tertiary/aromatic N) is 4. The fraction of sp³-hybridized carbons (Fsp3) is 0.438. The summed E-state index contributed by atoms with van der Waals surface area (Å²) in [5.41, 5.74) is 2.28. The van der Waals surface area contributed by atoms with Crippen LogP contribution in [0.5, 0.6) is 0 Å². The molecule has 110 valence electrons. The largest absolute Gasteiger partial charge is 0.370 e. The molecule has 2 atom stereocenters. The van der Waals surface area contributed by atoms with E-state index >= 15 is 0 Å². The molecular formula is C16H21N5. The molecule has 0 aromatic carbocycles. The van der Waals surface area contributed by atoms with Crippen LogP contribution in [-0.2, 0) is 0 Å². The lowest BCUT2D eigenvalue weighted by Crippen LogP contribution is -2.25. The highest BCUT2D eigenvalue weighted by Crippen LogP contribution is 2.35. The third kappa shape index (κ3) is 3.19. The number of anilines is 1. The van der Waals surface area contributed by atoms with Gasteiger partial charge in [-0.2, -0.15) is 0 Å². The molecule has 5 nitrogen and oxygen atoms in total. The maximum atomic E-state index is 4.27. The first-order valence-electron chi connectivity index (χ1n) is 7.37. The third-order valence-corrected chi connectivity index (χ3v) is 4.15. The predicted octanol–water partition coefficient (Wildman–Crippen LogP) is 2.28. The zero-order valence-electron chi connectivity index (χ0n) is 12.5. The van der Waals surface area contributed by atoms with Crippen LogP contribution < -0.4 is 5.32 Å². The van der Waals surface area contributed by atoms with Gasteiger partial charge in [-0.05, 0) is 44.5 Å². The molecular weight excluding hydrogens is 262 g/mol. The summed E-state index contributed by atoms with van der Waals surface area (Å²) in [7, 11) is 2.19. The van der Waals surface area contributed by atoms with Crippen molar-refractivity contribution in [3.8, 4) is 0 Å². The van der Waals surface area contributed by atoms with Crippen LogP contribution in [-0.4, -0.2) is 40.0 Å². The molecule has 1 aliphatic heterocycles. The van der Waals surface area contributed by atoms with Crippen molar-refractivity contribution in [2.24, 2.45) is 5.92 Å². The Morgan fingerprint density at radius 2 is 2.29 bits per heavy atom. The molecule has 0 radical (unpaired) electrons. The van der Waals surface area contributed by atoms with Gasteiger partial charge in [-0.3, -0.25) is 9.88 Å². The molecule has 1 N–H and O–H groups in total. The van der Waals surface area contributed by atoms with Crippen LogP contribution in [0.3, 0.4) is 0 Å². The Kier molecular flexibility index (Phi) is 4.10. The first-order valence-corrected chi connectivity index (χ1v) is 7.37. The second kappa shape index (κ2) is 6.18. The number of aromatic nitrogens is 3. The van der Waals surface area contributed by atoms with Gasteiger partial charge in [-0.1, -0.05) is 6.07 Å². The Morgan fingerprint density at radius 1 is 1.38 bits per heavy atom. The Hall–Kier alpha value is -2.01. The fourth-order valence-electron chi connectivity index (χ4n) is 3.10. The van der Waals surface area contributed by atoms with Crippen LogP contribution in [0, 0.1) is 12.8 Å². The summed E-state index contributed by atoms with van der Waals surface area (Å²) in [4.78, 5) is 15.1. The first-order chi connectivity index (χ1) is 10.2. The van der Waals surface area contributed by atoms with Gasteiger partial charge in [-0.25, -0.2) is 9.97 Å². The van der Waals surface area contributed by atoms with Gasteiger partial charge in [0.25, 0.3) is 0 Å². The molecule has 1 aliphatic rings. The van der Waals surface area contributed by atoms with Gasteiger partial charge < -0.3 is 5.32 Å². The van der Waals surface area contributed by atoms with Crippen molar-refractivity contribution in [3.05, 3.63) is 48.2 Å². The molecule has 0 saturated carbocycles. The van der Waals surface area contributed by atoms with Gasteiger partial charge in [0.1, 0.15) is 12.1 Å². The molecule has 0 unspecified atom stereocenters. The number of pyridine rings is 1. The second-order valence-corrected chi connectivity index (χ2v) is 5.69. The van der Waals surface area contributed by atoms with E-state index < -0.39 is 0 Å². The van der Waals surface area contributed by atoms with Crippen LogP contribution in [0.4, 0.5) is 5.82 Å². The maximum absolute atomic E-state index is 4.27. The van der Waals surface area contributed by atoms with E-state index in [0.29, 0.717) is 12.0 Å². The minimum Gasteiger partial charge on any atom is -0.370 e. The van der Waals surface area contributed by atoms with Gasteiger partial charge in [0.2, 0.25) is 0 Å². The average Bonchev–Trinajstić information content (AvgIpc) is 2.87. The summed E-state index contributed by atoms with van der Waals surface area (Å²) >= 11 is 0. The standard InChI is InChI=1S/C16H21N5/c1-12-8-15(20-11-19-12)18-10-14-5-7-21(2)16(14)13-4-3-6-17-9-13/h3-4,6,8-9,11,14,16H,5,7,10H2,1-2H3,(H,18,19,20)/t14-,16-/m0/s1. The van der Waals surface area contributed by atoms with Crippen LogP contribution in [0.25, 0.3) is 0 Å². The molecule has 21 heavy (non-hydrogen) atoms. The van der Waals surface area contributed by atoms with Crippen LogP contribution in [0.2, 0.25) is 0 Å². The molecule has 0 spiro atoms. The van der Waals surface area contributed by atoms with Gasteiger partial charge in [-0.15, -0.1) is 0 Å². The number of nitrogens with one attached hydrogen (secondary N) is 1. The lowest BCUT2D eigenvalue weighted by atomic mass is 9.95. The SMILES string of the molecule is Cc1cc(NC[C@@H]2CCN(C)[C@H]2c2cccnc2)ncn1. The lowest BCUT2D eigenvalue weighted by Gasteiger charge is -2.25. The smallest absolute Gasteiger partial charge is 0.129 e. The van der Waals surface area contributed by atoms with Gasteiger partial charge in [0, 0.05) is 36.7 Å². The summed E-state index contributed by atoms with van der Waals surface area (Å²) in [6, 6.07) is 6.59.